The van der Waals surface area contributed by atoms with E-state index >= 15 is 0 Å². The Labute approximate surface area is 188 Å². The third kappa shape index (κ3) is 5.49. The number of hydrogen-bond acceptors (Lipinski definition) is 5. The molecule has 1 saturated carbocycles. The van der Waals surface area contributed by atoms with Crippen LogP contribution in [-0.4, -0.2) is 44.2 Å². The summed E-state index contributed by atoms with van der Waals surface area (Å²) >= 11 is 6.08. The van der Waals surface area contributed by atoms with Gasteiger partial charge in [0.1, 0.15) is 11.8 Å². The fourth-order valence-electron chi connectivity index (χ4n) is 4.19. The lowest BCUT2D eigenvalue weighted by molar-refractivity contribution is 0.0894. The minimum Gasteiger partial charge on any atom is -0.490 e. The Balaban J connectivity index is 1.25. The van der Waals surface area contributed by atoms with Gasteiger partial charge in [-0.25, -0.2) is 0 Å². The standard InChI is InChI=1S/C24H27ClN4O2/c25-23-15-22(8-3-18(23)16-26)31-21-9-4-19(5-10-21)28-24(30)17-1-6-20(7-2-17)29-13-11-27-12-14-29/h1-3,6-8,15,19,21,27H,4-5,9-14H2,(H,28,30). The van der Waals surface area contributed by atoms with Crippen molar-refractivity contribution in [2.45, 2.75) is 37.8 Å². The Morgan fingerprint density at radius 2 is 1.81 bits per heavy atom. The van der Waals surface area contributed by atoms with Crippen molar-refractivity contribution in [3.8, 4) is 11.8 Å². The lowest BCUT2D eigenvalue weighted by atomic mass is 9.92. The molecule has 0 radical (unpaired) electrons. The van der Waals surface area contributed by atoms with E-state index in [4.69, 9.17) is 21.6 Å². The highest BCUT2D eigenvalue weighted by atomic mass is 35.5. The van der Waals surface area contributed by atoms with Crippen molar-refractivity contribution in [2.75, 3.05) is 31.1 Å². The number of halogens is 1. The van der Waals surface area contributed by atoms with E-state index in [0.717, 1.165) is 51.9 Å². The average molecular weight is 439 g/mol. The molecule has 4 rings (SSSR count). The van der Waals surface area contributed by atoms with E-state index in [0.29, 0.717) is 21.9 Å². The summed E-state index contributed by atoms with van der Waals surface area (Å²) in [6, 6.07) is 15.3. The number of rotatable bonds is 5. The van der Waals surface area contributed by atoms with Crippen LogP contribution in [0, 0.1) is 11.3 Å². The smallest absolute Gasteiger partial charge is 0.251 e. The van der Waals surface area contributed by atoms with Gasteiger partial charge in [0.05, 0.1) is 16.7 Å². The summed E-state index contributed by atoms with van der Waals surface area (Å²) in [5.74, 6) is 0.663. The SMILES string of the molecule is N#Cc1ccc(OC2CCC(NC(=O)c3ccc(N4CCNCC4)cc3)CC2)cc1Cl. The number of hydrogen-bond donors (Lipinski definition) is 2. The molecule has 0 unspecified atom stereocenters. The summed E-state index contributed by atoms with van der Waals surface area (Å²) in [5, 5.41) is 15.9. The maximum absolute atomic E-state index is 12.7. The van der Waals surface area contributed by atoms with Crippen molar-refractivity contribution in [3.05, 3.63) is 58.6 Å². The molecule has 0 spiro atoms. The van der Waals surface area contributed by atoms with E-state index in [2.05, 4.69) is 21.6 Å². The molecule has 1 amide bonds. The lowest BCUT2D eigenvalue weighted by Gasteiger charge is -2.30. The molecule has 1 aliphatic heterocycles. The lowest BCUT2D eigenvalue weighted by Crippen LogP contribution is -2.43. The predicted octanol–water partition coefficient (Wildman–Crippen LogP) is 3.74. The highest BCUT2D eigenvalue weighted by molar-refractivity contribution is 6.31. The molecule has 1 aliphatic carbocycles. The van der Waals surface area contributed by atoms with Gasteiger partial charge in [0.2, 0.25) is 0 Å². The molecule has 2 aliphatic rings. The van der Waals surface area contributed by atoms with E-state index in [-0.39, 0.29) is 18.1 Å². The average Bonchev–Trinajstić information content (AvgIpc) is 2.81. The first kappa shape index (κ1) is 21.5. The van der Waals surface area contributed by atoms with E-state index in [1.165, 1.54) is 5.69 Å². The van der Waals surface area contributed by atoms with Crippen LogP contribution in [0.1, 0.15) is 41.6 Å². The van der Waals surface area contributed by atoms with Crippen LogP contribution in [0.4, 0.5) is 5.69 Å². The van der Waals surface area contributed by atoms with Gasteiger partial charge in [0.25, 0.3) is 5.91 Å². The van der Waals surface area contributed by atoms with Crippen LogP contribution in [0.5, 0.6) is 5.75 Å². The zero-order chi connectivity index (χ0) is 21.6. The Hall–Kier alpha value is -2.75. The Morgan fingerprint density at radius 3 is 2.45 bits per heavy atom. The monoisotopic (exact) mass is 438 g/mol. The minimum absolute atomic E-state index is 0.0184. The zero-order valence-electron chi connectivity index (χ0n) is 17.4. The van der Waals surface area contributed by atoms with Crippen molar-refractivity contribution < 1.29 is 9.53 Å². The summed E-state index contributed by atoms with van der Waals surface area (Å²) in [7, 11) is 0. The third-order valence-electron chi connectivity index (χ3n) is 5.98. The molecule has 2 aromatic rings. The highest BCUT2D eigenvalue weighted by Gasteiger charge is 2.24. The molecule has 2 fully saturated rings. The first-order valence-corrected chi connectivity index (χ1v) is 11.2. The maximum atomic E-state index is 12.7. The Bertz CT molecular complexity index is 943. The van der Waals surface area contributed by atoms with Crippen LogP contribution in [0.25, 0.3) is 0 Å². The van der Waals surface area contributed by atoms with E-state index in [9.17, 15) is 4.79 Å². The van der Waals surface area contributed by atoms with Gasteiger partial charge >= 0.3 is 0 Å². The van der Waals surface area contributed by atoms with Crippen LogP contribution in [0.2, 0.25) is 5.02 Å². The fourth-order valence-corrected chi connectivity index (χ4v) is 4.41. The first-order valence-electron chi connectivity index (χ1n) is 10.9. The van der Waals surface area contributed by atoms with E-state index in [1.807, 2.05) is 24.3 Å². The van der Waals surface area contributed by atoms with Crippen LogP contribution in [0.3, 0.4) is 0 Å². The number of carbonyl (C=O) groups excluding carboxylic acids is 1. The fraction of sp³-hybridized carbons (Fsp3) is 0.417. The van der Waals surface area contributed by atoms with Crippen LogP contribution in [0.15, 0.2) is 42.5 Å². The summed E-state index contributed by atoms with van der Waals surface area (Å²) in [4.78, 5) is 15.0. The van der Waals surface area contributed by atoms with Crippen LogP contribution < -0.4 is 20.3 Å². The van der Waals surface area contributed by atoms with Gasteiger partial charge in [-0.05, 0) is 62.1 Å². The first-order chi connectivity index (χ1) is 15.1. The predicted molar refractivity (Wildman–Crippen MR) is 122 cm³/mol. The minimum atomic E-state index is -0.0184. The molecule has 31 heavy (non-hydrogen) atoms. The van der Waals surface area contributed by atoms with Crippen molar-refractivity contribution >= 4 is 23.2 Å². The summed E-state index contributed by atoms with van der Waals surface area (Å²) in [6.07, 6.45) is 3.57. The van der Waals surface area contributed by atoms with Gasteiger partial charge in [-0.15, -0.1) is 0 Å². The molecule has 2 N–H and O–H groups in total. The van der Waals surface area contributed by atoms with E-state index in [1.54, 1.807) is 18.2 Å². The number of amides is 1. The Kier molecular flexibility index (Phi) is 6.96. The second kappa shape index (κ2) is 10.0. The van der Waals surface area contributed by atoms with Crippen molar-refractivity contribution in [3.63, 3.8) is 0 Å². The van der Waals surface area contributed by atoms with Crippen molar-refractivity contribution in [1.29, 1.82) is 5.26 Å². The largest absolute Gasteiger partial charge is 0.490 e. The molecule has 1 heterocycles. The molecule has 162 valence electrons. The molecule has 0 aromatic heterocycles. The molecular formula is C24H27ClN4O2. The molecule has 0 bridgehead atoms. The number of nitrogens with zero attached hydrogens (tertiary/aromatic N) is 2. The molecule has 2 aromatic carbocycles. The molecule has 6 nitrogen and oxygen atoms in total. The third-order valence-corrected chi connectivity index (χ3v) is 6.30. The van der Waals surface area contributed by atoms with Crippen molar-refractivity contribution in [1.82, 2.24) is 10.6 Å². The second-order valence-electron chi connectivity index (χ2n) is 8.10. The zero-order valence-corrected chi connectivity index (χ0v) is 18.2. The Morgan fingerprint density at radius 1 is 1.10 bits per heavy atom. The molecule has 0 atom stereocenters. The summed E-state index contributed by atoms with van der Waals surface area (Å²) in [6.45, 7) is 3.97. The maximum Gasteiger partial charge on any atom is 0.251 e. The van der Waals surface area contributed by atoms with Gasteiger partial charge in [0, 0.05) is 49.5 Å². The molecular weight excluding hydrogens is 412 g/mol. The number of anilines is 1. The number of carbonyl (C=O) groups is 1. The van der Waals surface area contributed by atoms with E-state index < -0.39 is 0 Å². The van der Waals surface area contributed by atoms with Gasteiger partial charge in [0.15, 0.2) is 0 Å². The van der Waals surface area contributed by atoms with Gasteiger partial charge in [-0.2, -0.15) is 5.26 Å². The summed E-state index contributed by atoms with van der Waals surface area (Å²) in [5.41, 5.74) is 2.31. The number of ether oxygens (including phenoxy) is 1. The topological polar surface area (TPSA) is 77.4 Å². The molecule has 7 heteroatoms. The number of nitrogens with one attached hydrogen (secondary N) is 2. The van der Waals surface area contributed by atoms with Crippen molar-refractivity contribution in [2.24, 2.45) is 0 Å². The number of piperazine rings is 1. The van der Waals surface area contributed by atoms with Gasteiger partial charge < -0.3 is 20.3 Å². The quantitative estimate of drug-likeness (QED) is 0.743. The molecule has 1 saturated heterocycles. The number of benzene rings is 2. The highest BCUT2D eigenvalue weighted by Crippen LogP contribution is 2.27. The second-order valence-corrected chi connectivity index (χ2v) is 8.51. The van der Waals surface area contributed by atoms with Gasteiger partial charge in [-0.3, -0.25) is 4.79 Å². The number of nitriles is 1. The van der Waals surface area contributed by atoms with Crippen LogP contribution >= 0.6 is 11.6 Å². The van der Waals surface area contributed by atoms with Gasteiger partial charge in [-0.1, -0.05) is 11.6 Å². The normalized spacial score (nSPS) is 21.2. The van der Waals surface area contributed by atoms with Crippen LogP contribution in [-0.2, 0) is 0 Å². The summed E-state index contributed by atoms with van der Waals surface area (Å²) < 4.78 is 6.03.